The molecule has 0 spiro atoms. The molecule has 114 valence electrons. The van der Waals surface area contributed by atoms with Crippen molar-refractivity contribution in [1.29, 1.82) is 5.26 Å². The molecule has 0 unspecified atom stereocenters. The van der Waals surface area contributed by atoms with E-state index in [1.54, 1.807) is 0 Å². The number of halogens is 3. The second-order valence-corrected chi connectivity index (χ2v) is 4.73. The molecule has 0 aliphatic heterocycles. The highest BCUT2D eigenvalue weighted by atomic mass is 19.4. The van der Waals surface area contributed by atoms with Crippen LogP contribution in [0, 0.1) is 11.3 Å². The number of unbranched alkanes of at least 4 members (excludes halogenated alkanes) is 3. The maximum absolute atomic E-state index is 12.8. The minimum absolute atomic E-state index is 0.0572. The molecule has 0 radical (unpaired) electrons. The molecule has 0 aromatic heterocycles. The average Bonchev–Trinajstić information content (AvgIpc) is 2.42. The summed E-state index contributed by atoms with van der Waals surface area (Å²) in [5, 5.41) is 11.1. The lowest BCUT2D eigenvalue weighted by molar-refractivity contribution is -0.137. The van der Waals surface area contributed by atoms with Gasteiger partial charge in [0.1, 0.15) is 0 Å². The first-order valence-electron chi connectivity index (χ1n) is 6.79. The molecule has 0 saturated carbocycles. The Bertz CT molecular complexity index is 533. The van der Waals surface area contributed by atoms with Gasteiger partial charge in [0.25, 0.3) is 0 Å². The Morgan fingerprint density at radius 2 is 2.00 bits per heavy atom. The molecule has 0 aliphatic carbocycles. The van der Waals surface area contributed by atoms with E-state index in [0.717, 1.165) is 31.4 Å². The van der Waals surface area contributed by atoms with Crippen LogP contribution in [-0.4, -0.2) is 5.91 Å². The Morgan fingerprint density at radius 3 is 2.57 bits per heavy atom. The molecule has 0 heterocycles. The fourth-order valence-electron chi connectivity index (χ4n) is 1.89. The lowest BCUT2D eigenvalue weighted by atomic mass is 10.1. The van der Waals surface area contributed by atoms with E-state index >= 15 is 0 Å². The van der Waals surface area contributed by atoms with Gasteiger partial charge in [0, 0.05) is 12.1 Å². The maximum Gasteiger partial charge on any atom is 0.417 e. The van der Waals surface area contributed by atoms with Crippen LogP contribution in [0.15, 0.2) is 18.2 Å². The van der Waals surface area contributed by atoms with Gasteiger partial charge in [0.05, 0.1) is 17.2 Å². The van der Waals surface area contributed by atoms with Gasteiger partial charge in [-0.2, -0.15) is 18.4 Å². The molecule has 1 N–H and O–H groups in total. The highest BCUT2D eigenvalue weighted by Gasteiger charge is 2.33. The lowest BCUT2D eigenvalue weighted by Crippen LogP contribution is -2.13. The highest BCUT2D eigenvalue weighted by molar-refractivity contribution is 5.90. The number of nitrogens with one attached hydrogen (secondary N) is 1. The first kappa shape index (κ1) is 17.0. The van der Waals surface area contributed by atoms with Crippen LogP contribution >= 0.6 is 0 Å². The van der Waals surface area contributed by atoms with Gasteiger partial charge in [-0.25, -0.2) is 0 Å². The van der Waals surface area contributed by atoms with Gasteiger partial charge in [0.2, 0.25) is 5.91 Å². The van der Waals surface area contributed by atoms with Crippen molar-refractivity contribution in [3.8, 4) is 6.07 Å². The summed E-state index contributed by atoms with van der Waals surface area (Å²) < 4.78 is 38.3. The largest absolute Gasteiger partial charge is 0.417 e. The predicted octanol–water partition coefficient (Wildman–Crippen LogP) is 4.49. The van der Waals surface area contributed by atoms with Crippen LogP contribution in [0.1, 0.15) is 50.2 Å². The molecule has 1 aromatic carbocycles. The predicted molar refractivity (Wildman–Crippen MR) is 73.5 cm³/mol. The minimum Gasteiger partial charge on any atom is -0.326 e. The topological polar surface area (TPSA) is 52.9 Å². The number of carbonyl (C=O) groups is 1. The second kappa shape index (κ2) is 7.67. The third-order valence-electron chi connectivity index (χ3n) is 2.99. The van der Waals surface area contributed by atoms with Gasteiger partial charge >= 0.3 is 6.18 Å². The van der Waals surface area contributed by atoms with Crippen LogP contribution in [0.4, 0.5) is 18.9 Å². The van der Waals surface area contributed by atoms with E-state index < -0.39 is 17.3 Å². The summed E-state index contributed by atoms with van der Waals surface area (Å²) in [7, 11) is 0. The SMILES string of the molecule is CCCCCCC(=O)Nc1ccc(C#N)c(C(F)(F)F)c1. The maximum atomic E-state index is 12.8. The number of alkyl halides is 3. The van der Waals surface area contributed by atoms with Crippen LogP contribution in [0.25, 0.3) is 0 Å². The van der Waals surface area contributed by atoms with E-state index in [4.69, 9.17) is 5.26 Å². The number of nitriles is 1. The van der Waals surface area contributed by atoms with E-state index in [9.17, 15) is 18.0 Å². The number of hydrogen-bond donors (Lipinski definition) is 1. The van der Waals surface area contributed by atoms with Gasteiger partial charge in [-0.3, -0.25) is 4.79 Å². The molecule has 0 aliphatic rings. The zero-order valence-electron chi connectivity index (χ0n) is 11.8. The molecule has 1 amide bonds. The molecule has 3 nitrogen and oxygen atoms in total. The number of benzene rings is 1. The number of rotatable bonds is 6. The molecule has 0 atom stereocenters. The summed E-state index contributed by atoms with van der Waals surface area (Å²) in [5.41, 5.74) is -1.43. The summed E-state index contributed by atoms with van der Waals surface area (Å²) >= 11 is 0. The average molecular weight is 298 g/mol. The Labute approximate surface area is 121 Å². The van der Waals surface area contributed by atoms with Crippen molar-refractivity contribution < 1.29 is 18.0 Å². The third kappa shape index (κ3) is 5.46. The Balaban J connectivity index is 2.72. The van der Waals surface area contributed by atoms with Crippen molar-refractivity contribution in [2.75, 3.05) is 5.32 Å². The second-order valence-electron chi connectivity index (χ2n) is 4.73. The number of nitrogens with zero attached hydrogens (tertiary/aromatic N) is 1. The van der Waals surface area contributed by atoms with Gasteiger partial charge in [-0.05, 0) is 24.6 Å². The standard InChI is InChI=1S/C15H17F3N2O/c1-2-3-4-5-6-14(21)20-12-8-7-11(10-19)13(9-12)15(16,17)18/h7-9H,2-6H2,1H3,(H,20,21). The monoisotopic (exact) mass is 298 g/mol. The van der Waals surface area contributed by atoms with Gasteiger partial charge in [0.15, 0.2) is 0 Å². The Hall–Kier alpha value is -2.03. The summed E-state index contributed by atoms with van der Waals surface area (Å²) in [6.45, 7) is 2.05. The molecular weight excluding hydrogens is 281 g/mol. The molecule has 1 rings (SSSR count). The fourth-order valence-corrected chi connectivity index (χ4v) is 1.89. The number of anilines is 1. The van der Waals surface area contributed by atoms with E-state index in [0.29, 0.717) is 6.42 Å². The molecule has 0 fully saturated rings. The fraction of sp³-hybridized carbons (Fsp3) is 0.467. The van der Waals surface area contributed by atoms with Crippen molar-refractivity contribution in [2.45, 2.75) is 45.2 Å². The summed E-state index contributed by atoms with van der Waals surface area (Å²) in [5.74, 6) is -0.316. The lowest BCUT2D eigenvalue weighted by Gasteiger charge is -2.11. The number of hydrogen-bond acceptors (Lipinski definition) is 2. The van der Waals surface area contributed by atoms with Crippen molar-refractivity contribution in [2.24, 2.45) is 0 Å². The van der Waals surface area contributed by atoms with Crippen LogP contribution in [0.5, 0.6) is 0 Å². The van der Waals surface area contributed by atoms with E-state index in [1.807, 2.05) is 0 Å². The molecule has 6 heteroatoms. The quantitative estimate of drug-likeness (QED) is 0.787. The van der Waals surface area contributed by atoms with Crippen molar-refractivity contribution in [3.63, 3.8) is 0 Å². The Morgan fingerprint density at radius 1 is 1.29 bits per heavy atom. The van der Waals surface area contributed by atoms with E-state index in [2.05, 4.69) is 12.2 Å². The van der Waals surface area contributed by atoms with Crippen LogP contribution < -0.4 is 5.32 Å². The smallest absolute Gasteiger partial charge is 0.326 e. The Kier molecular flexibility index (Phi) is 6.22. The zero-order valence-corrected chi connectivity index (χ0v) is 11.8. The van der Waals surface area contributed by atoms with E-state index in [1.165, 1.54) is 12.1 Å². The third-order valence-corrected chi connectivity index (χ3v) is 2.99. The molecule has 1 aromatic rings. The molecule has 0 saturated heterocycles. The highest BCUT2D eigenvalue weighted by Crippen LogP contribution is 2.33. The zero-order chi connectivity index (χ0) is 15.9. The summed E-state index contributed by atoms with van der Waals surface area (Å²) in [6.07, 6.45) is -0.629. The van der Waals surface area contributed by atoms with E-state index in [-0.39, 0.29) is 18.0 Å². The molecule has 0 bridgehead atoms. The van der Waals surface area contributed by atoms with Crippen LogP contribution in [-0.2, 0) is 11.0 Å². The van der Waals surface area contributed by atoms with Crippen molar-refractivity contribution in [1.82, 2.24) is 0 Å². The van der Waals surface area contributed by atoms with Crippen LogP contribution in [0.2, 0.25) is 0 Å². The van der Waals surface area contributed by atoms with Gasteiger partial charge in [-0.1, -0.05) is 26.2 Å². The first-order chi connectivity index (χ1) is 9.88. The summed E-state index contributed by atoms with van der Waals surface area (Å²) in [6, 6.07) is 4.66. The minimum atomic E-state index is -4.62. The number of carbonyl (C=O) groups excluding carboxylic acids is 1. The van der Waals surface area contributed by atoms with Crippen LogP contribution in [0.3, 0.4) is 0 Å². The normalized spacial score (nSPS) is 11.0. The summed E-state index contributed by atoms with van der Waals surface area (Å²) in [4.78, 5) is 11.6. The van der Waals surface area contributed by atoms with Gasteiger partial charge < -0.3 is 5.32 Å². The molecular formula is C15H17F3N2O. The molecule has 21 heavy (non-hydrogen) atoms. The van der Waals surface area contributed by atoms with Crippen molar-refractivity contribution in [3.05, 3.63) is 29.3 Å². The van der Waals surface area contributed by atoms with Gasteiger partial charge in [-0.15, -0.1) is 0 Å². The van der Waals surface area contributed by atoms with Crippen molar-refractivity contribution >= 4 is 11.6 Å². The number of amides is 1. The first-order valence-corrected chi connectivity index (χ1v) is 6.79.